The van der Waals surface area contributed by atoms with Gasteiger partial charge in [0.2, 0.25) is 5.91 Å². The Bertz CT molecular complexity index is 1240. The summed E-state index contributed by atoms with van der Waals surface area (Å²) in [5, 5.41) is 5.74. The normalized spacial score (nSPS) is 10.8. The first kappa shape index (κ1) is 21.6. The molecule has 4 aromatic rings. The third-order valence-electron chi connectivity index (χ3n) is 4.87. The number of hydrogen-bond acceptors (Lipinski definition) is 5. The van der Waals surface area contributed by atoms with Gasteiger partial charge in [-0.15, -0.1) is 0 Å². The molecule has 0 saturated carbocycles. The summed E-state index contributed by atoms with van der Waals surface area (Å²) in [4.78, 5) is 34.2. The second-order valence-electron chi connectivity index (χ2n) is 7.17. The molecule has 162 valence electrons. The lowest BCUT2D eigenvalue weighted by Gasteiger charge is -2.11. The minimum atomic E-state index is -0.227. The summed E-state index contributed by atoms with van der Waals surface area (Å²) in [5.41, 5.74) is 3.61. The summed E-state index contributed by atoms with van der Waals surface area (Å²) in [5.74, 6) is 1.17. The van der Waals surface area contributed by atoms with Crippen molar-refractivity contribution in [3.63, 3.8) is 0 Å². The lowest BCUT2D eigenvalue weighted by Crippen LogP contribution is -2.24. The maximum atomic E-state index is 12.8. The lowest BCUT2D eigenvalue weighted by atomic mass is 10.2. The van der Waals surface area contributed by atoms with Gasteiger partial charge in [-0.1, -0.05) is 24.3 Å². The van der Waals surface area contributed by atoms with Crippen LogP contribution in [0.2, 0.25) is 0 Å². The first-order valence-corrected chi connectivity index (χ1v) is 11.5. The Balaban J connectivity index is 1.44. The fraction of sp³-hybridized carbons (Fsp3) is 0.167. The van der Waals surface area contributed by atoms with Gasteiger partial charge in [0.1, 0.15) is 12.4 Å². The molecule has 32 heavy (non-hydrogen) atoms. The highest BCUT2D eigenvalue weighted by atomic mass is 32.2. The number of nitrogens with zero attached hydrogens (tertiary/aromatic N) is 3. The number of benzene rings is 2. The van der Waals surface area contributed by atoms with Gasteiger partial charge in [-0.25, -0.2) is 4.98 Å². The van der Waals surface area contributed by atoms with E-state index < -0.39 is 0 Å². The fourth-order valence-electron chi connectivity index (χ4n) is 3.40. The highest BCUT2D eigenvalue weighted by molar-refractivity contribution is 7.97. The molecule has 2 aromatic heterocycles. The Kier molecular flexibility index (Phi) is 6.81. The van der Waals surface area contributed by atoms with Crippen LogP contribution in [-0.2, 0) is 23.6 Å². The van der Waals surface area contributed by atoms with Gasteiger partial charge in [0.25, 0.3) is 5.91 Å². The van der Waals surface area contributed by atoms with Crippen molar-refractivity contribution in [1.29, 1.82) is 0 Å². The van der Waals surface area contributed by atoms with Crippen molar-refractivity contribution in [3.05, 3.63) is 90.0 Å². The van der Waals surface area contributed by atoms with Crippen LogP contribution in [-0.4, -0.2) is 32.6 Å². The Labute approximate surface area is 190 Å². The number of para-hydroxylation sites is 2. The van der Waals surface area contributed by atoms with Gasteiger partial charge in [-0.2, -0.15) is 11.8 Å². The molecular formula is C24H23N5O2S. The Morgan fingerprint density at radius 3 is 2.69 bits per heavy atom. The van der Waals surface area contributed by atoms with Gasteiger partial charge in [-0.05, 0) is 48.7 Å². The number of pyridine rings is 1. The number of thioether (sulfide) groups is 1. The zero-order valence-corrected chi connectivity index (χ0v) is 18.4. The van der Waals surface area contributed by atoms with E-state index in [0.717, 1.165) is 22.6 Å². The number of amides is 2. The molecule has 0 atom stereocenters. The minimum absolute atomic E-state index is 0.145. The fourth-order valence-corrected chi connectivity index (χ4v) is 3.88. The van der Waals surface area contributed by atoms with Crippen molar-refractivity contribution in [2.45, 2.75) is 18.8 Å². The van der Waals surface area contributed by atoms with Gasteiger partial charge in [0.15, 0.2) is 0 Å². The zero-order chi connectivity index (χ0) is 22.3. The number of anilines is 1. The Morgan fingerprint density at radius 1 is 1.03 bits per heavy atom. The van der Waals surface area contributed by atoms with E-state index in [1.54, 1.807) is 42.2 Å². The predicted molar refractivity (Wildman–Crippen MR) is 127 cm³/mol. The van der Waals surface area contributed by atoms with Crippen molar-refractivity contribution in [3.8, 4) is 0 Å². The summed E-state index contributed by atoms with van der Waals surface area (Å²) in [6, 6.07) is 20.2. The summed E-state index contributed by atoms with van der Waals surface area (Å²) >= 11 is 1.66. The molecule has 2 aromatic carbocycles. The molecule has 0 spiro atoms. The van der Waals surface area contributed by atoms with Gasteiger partial charge >= 0.3 is 0 Å². The third kappa shape index (κ3) is 5.15. The van der Waals surface area contributed by atoms with Crippen molar-refractivity contribution < 1.29 is 9.59 Å². The highest BCUT2D eigenvalue weighted by Crippen LogP contribution is 2.19. The highest BCUT2D eigenvalue weighted by Gasteiger charge is 2.14. The minimum Gasteiger partial charge on any atom is -0.346 e. The van der Waals surface area contributed by atoms with E-state index >= 15 is 0 Å². The van der Waals surface area contributed by atoms with E-state index in [2.05, 4.69) is 20.6 Å². The topological polar surface area (TPSA) is 88.9 Å². The summed E-state index contributed by atoms with van der Waals surface area (Å²) in [7, 11) is 0. The van der Waals surface area contributed by atoms with E-state index in [9.17, 15) is 9.59 Å². The van der Waals surface area contributed by atoms with Crippen LogP contribution in [0.5, 0.6) is 0 Å². The van der Waals surface area contributed by atoms with Crippen LogP contribution >= 0.6 is 11.8 Å². The van der Waals surface area contributed by atoms with Crippen LogP contribution < -0.4 is 10.6 Å². The number of carbonyl (C=O) groups excluding carboxylic acids is 2. The van der Waals surface area contributed by atoms with E-state index in [1.807, 2.05) is 53.3 Å². The maximum Gasteiger partial charge on any atom is 0.251 e. The number of carbonyl (C=O) groups is 2. The second kappa shape index (κ2) is 10.1. The predicted octanol–water partition coefficient (Wildman–Crippen LogP) is 3.86. The van der Waals surface area contributed by atoms with E-state index in [-0.39, 0.29) is 18.4 Å². The SMILES string of the molecule is CSCc1nc2ccccc2n1CC(=O)Nc1cccc(C(=O)NCc2ccccn2)c1. The standard InChI is InChI=1S/C24H23N5O2S/c1-32-16-22-28-20-10-2-3-11-21(20)29(22)15-23(30)27-18-9-6-7-17(13-18)24(31)26-14-19-8-4-5-12-25-19/h2-13H,14-16H2,1H3,(H,26,31)(H,27,30). The molecule has 0 radical (unpaired) electrons. The monoisotopic (exact) mass is 445 g/mol. The van der Waals surface area contributed by atoms with Gasteiger partial charge in [-0.3, -0.25) is 14.6 Å². The van der Waals surface area contributed by atoms with Gasteiger partial charge in [0.05, 0.1) is 29.0 Å². The van der Waals surface area contributed by atoms with Crippen LogP contribution in [0.15, 0.2) is 72.9 Å². The van der Waals surface area contributed by atoms with Gasteiger partial charge in [0, 0.05) is 17.4 Å². The van der Waals surface area contributed by atoms with E-state index in [4.69, 9.17) is 0 Å². The molecule has 7 nitrogen and oxygen atoms in total. The largest absolute Gasteiger partial charge is 0.346 e. The lowest BCUT2D eigenvalue weighted by molar-refractivity contribution is -0.116. The smallest absolute Gasteiger partial charge is 0.251 e. The average Bonchev–Trinajstić information content (AvgIpc) is 3.15. The van der Waals surface area contributed by atoms with E-state index in [0.29, 0.717) is 23.5 Å². The van der Waals surface area contributed by atoms with Gasteiger partial charge < -0.3 is 15.2 Å². The third-order valence-corrected chi connectivity index (χ3v) is 5.42. The number of rotatable bonds is 8. The molecule has 0 aliphatic rings. The Morgan fingerprint density at radius 2 is 1.88 bits per heavy atom. The average molecular weight is 446 g/mol. The molecule has 8 heteroatoms. The summed E-state index contributed by atoms with van der Waals surface area (Å²) in [6.07, 6.45) is 3.69. The number of hydrogen-bond donors (Lipinski definition) is 2. The molecule has 0 aliphatic heterocycles. The van der Waals surface area contributed by atoms with Crippen LogP contribution in [0, 0.1) is 0 Å². The van der Waals surface area contributed by atoms with Crippen LogP contribution in [0.25, 0.3) is 11.0 Å². The molecular weight excluding hydrogens is 422 g/mol. The number of fused-ring (bicyclic) bond motifs is 1. The summed E-state index contributed by atoms with van der Waals surface area (Å²) in [6.45, 7) is 0.481. The molecule has 0 aliphatic carbocycles. The molecule has 2 amide bonds. The molecule has 0 unspecified atom stereocenters. The molecule has 2 N–H and O–H groups in total. The van der Waals surface area contributed by atoms with Crippen molar-refractivity contribution >= 4 is 40.3 Å². The molecule has 0 fully saturated rings. The molecule has 2 heterocycles. The molecule has 0 saturated heterocycles. The van der Waals surface area contributed by atoms with Crippen LogP contribution in [0.4, 0.5) is 5.69 Å². The van der Waals surface area contributed by atoms with Crippen molar-refractivity contribution in [1.82, 2.24) is 19.9 Å². The molecule has 0 bridgehead atoms. The zero-order valence-electron chi connectivity index (χ0n) is 17.6. The van der Waals surface area contributed by atoms with E-state index in [1.165, 1.54) is 0 Å². The maximum absolute atomic E-state index is 12.8. The van der Waals surface area contributed by atoms with Crippen LogP contribution in [0.1, 0.15) is 21.9 Å². The number of nitrogens with one attached hydrogen (secondary N) is 2. The number of aromatic nitrogens is 3. The van der Waals surface area contributed by atoms with Crippen molar-refractivity contribution in [2.24, 2.45) is 0 Å². The summed E-state index contributed by atoms with van der Waals surface area (Å²) < 4.78 is 1.94. The quantitative estimate of drug-likeness (QED) is 0.430. The first-order chi connectivity index (χ1) is 15.6. The Hall–Kier alpha value is -3.65. The number of imidazole rings is 1. The first-order valence-electron chi connectivity index (χ1n) is 10.1. The second-order valence-corrected chi connectivity index (χ2v) is 8.03. The molecule has 4 rings (SSSR count). The van der Waals surface area contributed by atoms with Crippen LogP contribution in [0.3, 0.4) is 0 Å². The van der Waals surface area contributed by atoms with Crippen molar-refractivity contribution in [2.75, 3.05) is 11.6 Å².